The third-order valence-electron chi connectivity index (χ3n) is 3.06. The number of hydrogen-bond donors (Lipinski definition) is 1. The van der Waals surface area contributed by atoms with Crippen LogP contribution in [0.15, 0.2) is 28.7 Å². The zero-order valence-electron chi connectivity index (χ0n) is 12.1. The maximum atomic E-state index is 12.6. The van der Waals surface area contributed by atoms with Gasteiger partial charge in [0.25, 0.3) is 0 Å². The lowest BCUT2D eigenvalue weighted by Crippen LogP contribution is -2.58. The molecule has 1 aromatic rings. The number of carbonyl (C=O) groups is 3. The van der Waals surface area contributed by atoms with E-state index in [2.05, 4.69) is 21.2 Å². The van der Waals surface area contributed by atoms with Crippen LogP contribution in [0.1, 0.15) is 32.3 Å². The number of halogens is 1. The number of urea groups is 1. The first-order chi connectivity index (χ1) is 9.69. The van der Waals surface area contributed by atoms with Crippen molar-refractivity contribution in [3.05, 3.63) is 34.3 Å². The van der Waals surface area contributed by atoms with Crippen LogP contribution in [0.25, 0.3) is 0 Å². The molecule has 112 valence electrons. The summed E-state index contributed by atoms with van der Waals surface area (Å²) >= 11 is 3.32. The Kier molecular flexibility index (Phi) is 4.18. The first-order valence-electron chi connectivity index (χ1n) is 6.61. The number of hydrogen-bond acceptors (Lipinski definition) is 3. The van der Waals surface area contributed by atoms with Crippen molar-refractivity contribution >= 4 is 33.8 Å². The van der Waals surface area contributed by atoms with Crippen molar-refractivity contribution in [1.29, 1.82) is 0 Å². The fourth-order valence-electron chi connectivity index (χ4n) is 2.22. The number of nitrogens with zero attached hydrogens (tertiary/aromatic N) is 1. The molecule has 0 aliphatic carbocycles. The fraction of sp³-hybridized carbons (Fsp3) is 0.400. The molecule has 2 rings (SSSR count). The monoisotopic (exact) mass is 352 g/mol. The molecule has 0 radical (unpaired) electrons. The molecular weight excluding hydrogens is 336 g/mol. The predicted molar refractivity (Wildman–Crippen MR) is 81.6 cm³/mol. The standard InChI is InChI=1S/C15H17BrN2O3/c1-15(2,3)8-18-13(20)11(12(19)17-14(18)21)9-5-4-6-10(16)7-9/h4-7,11H,8H2,1-3H3,(H,17,19,21). The van der Waals surface area contributed by atoms with Crippen molar-refractivity contribution in [3.63, 3.8) is 0 Å². The van der Waals surface area contributed by atoms with E-state index in [1.54, 1.807) is 18.2 Å². The minimum Gasteiger partial charge on any atom is -0.277 e. The molecule has 6 heteroatoms. The highest BCUT2D eigenvalue weighted by Gasteiger charge is 2.42. The zero-order chi connectivity index (χ0) is 15.8. The first-order valence-corrected chi connectivity index (χ1v) is 7.40. The summed E-state index contributed by atoms with van der Waals surface area (Å²) in [7, 11) is 0. The van der Waals surface area contributed by atoms with E-state index in [0.29, 0.717) is 5.56 Å². The van der Waals surface area contributed by atoms with Crippen LogP contribution in [0, 0.1) is 5.41 Å². The molecule has 0 bridgehead atoms. The van der Waals surface area contributed by atoms with Gasteiger partial charge in [0.15, 0.2) is 0 Å². The molecule has 21 heavy (non-hydrogen) atoms. The van der Waals surface area contributed by atoms with Crippen LogP contribution in [0.2, 0.25) is 0 Å². The Bertz CT molecular complexity index is 607. The van der Waals surface area contributed by atoms with E-state index < -0.39 is 23.8 Å². The third-order valence-corrected chi connectivity index (χ3v) is 3.56. The number of benzene rings is 1. The smallest absolute Gasteiger partial charge is 0.277 e. The van der Waals surface area contributed by atoms with Crippen LogP contribution in [-0.4, -0.2) is 29.3 Å². The van der Waals surface area contributed by atoms with Crippen LogP contribution in [0.5, 0.6) is 0 Å². The molecule has 1 aliphatic rings. The van der Waals surface area contributed by atoms with Crippen molar-refractivity contribution in [2.75, 3.05) is 6.54 Å². The van der Waals surface area contributed by atoms with Crippen LogP contribution in [-0.2, 0) is 9.59 Å². The van der Waals surface area contributed by atoms with E-state index in [1.807, 2.05) is 26.8 Å². The van der Waals surface area contributed by atoms with Gasteiger partial charge in [-0.25, -0.2) is 4.79 Å². The molecule has 1 atom stereocenters. The lowest BCUT2D eigenvalue weighted by atomic mass is 9.92. The van der Waals surface area contributed by atoms with E-state index >= 15 is 0 Å². The van der Waals surface area contributed by atoms with Gasteiger partial charge in [0, 0.05) is 11.0 Å². The van der Waals surface area contributed by atoms with Crippen molar-refractivity contribution in [1.82, 2.24) is 10.2 Å². The number of amides is 4. The summed E-state index contributed by atoms with van der Waals surface area (Å²) in [6.45, 7) is 6.05. The number of nitrogens with one attached hydrogen (secondary N) is 1. The normalized spacial score (nSPS) is 19.7. The Hall–Kier alpha value is -1.69. The lowest BCUT2D eigenvalue weighted by molar-refractivity contribution is -0.139. The molecule has 1 heterocycles. The van der Waals surface area contributed by atoms with Gasteiger partial charge in [0.2, 0.25) is 11.8 Å². The predicted octanol–water partition coefficient (Wildman–Crippen LogP) is 2.66. The lowest BCUT2D eigenvalue weighted by Gasteiger charge is -2.34. The molecule has 1 N–H and O–H groups in total. The van der Waals surface area contributed by atoms with Crippen molar-refractivity contribution in [3.8, 4) is 0 Å². The van der Waals surface area contributed by atoms with Crippen molar-refractivity contribution in [2.24, 2.45) is 5.41 Å². The van der Waals surface area contributed by atoms with Crippen LogP contribution < -0.4 is 5.32 Å². The quantitative estimate of drug-likeness (QED) is 0.832. The van der Waals surface area contributed by atoms with Gasteiger partial charge in [-0.1, -0.05) is 48.8 Å². The number of carbonyl (C=O) groups excluding carboxylic acids is 3. The van der Waals surface area contributed by atoms with Gasteiger partial charge in [0.1, 0.15) is 5.92 Å². The van der Waals surface area contributed by atoms with Gasteiger partial charge >= 0.3 is 6.03 Å². The molecule has 1 aliphatic heterocycles. The van der Waals surface area contributed by atoms with Crippen LogP contribution >= 0.6 is 15.9 Å². The van der Waals surface area contributed by atoms with Crippen molar-refractivity contribution < 1.29 is 14.4 Å². The van der Waals surface area contributed by atoms with Crippen molar-refractivity contribution in [2.45, 2.75) is 26.7 Å². The molecular formula is C15H17BrN2O3. The average Bonchev–Trinajstić information content (AvgIpc) is 2.33. The van der Waals surface area contributed by atoms with E-state index in [-0.39, 0.29) is 12.0 Å². The van der Waals surface area contributed by atoms with Crippen LogP contribution in [0.4, 0.5) is 4.79 Å². The molecule has 1 fully saturated rings. The Morgan fingerprint density at radius 2 is 1.90 bits per heavy atom. The van der Waals surface area contributed by atoms with E-state index in [1.165, 1.54) is 0 Å². The third kappa shape index (κ3) is 3.50. The highest BCUT2D eigenvalue weighted by Crippen LogP contribution is 2.27. The molecule has 5 nitrogen and oxygen atoms in total. The minimum atomic E-state index is -0.984. The van der Waals surface area contributed by atoms with Crippen LogP contribution in [0.3, 0.4) is 0 Å². The van der Waals surface area contributed by atoms with E-state index in [9.17, 15) is 14.4 Å². The summed E-state index contributed by atoms with van der Waals surface area (Å²) in [4.78, 5) is 37.6. The summed E-state index contributed by atoms with van der Waals surface area (Å²) in [6, 6.07) is 6.34. The molecule has 1 aromatic carbocycles. The van der Waals surface area contributed by atoms with Gasteiger partial charge in [-0.3, -0.25) is 19.8 Å². The van der Waals surface area contributed by atoms with Gasteiger partial charge < -0.3 is 0 Å². The summed E-state index contributed by atoms with van der Waals surface area (Å²) in [5, 5.41) is 2.26. The van der Waals surface area contributed by atoms with E-state index in [0.717, 1.165) is 9.37 Å². The Labute approximate surface area is 131 Å². The fourth-order valence-corrected chi connectivity index (χ4v) is 2.63. The minimum absolute atomic E-state index is 0.241. The topological polar surface area (TPSA) is 66.5 Å². The Morgan fingerprint density at radius 3 is 2.48 bits per heavy atom. The second kappa shape index (κ2) is 5.60. The Morgan fingerprint density at radius 1 is 1.24 bits per heavy atom. The molecule has 4 amide bonds. The summed E-state index contributed by atoms with van der Waals surface area (Å²) < 4.78 is 0.778. The zero-order valence-corrected chi connectivity index (χ0v) is 13.7. The summed E-state index contributed by atoms with van der Waals surface area (Å²) in [6.07, 6.45) is 0. The summed E-state index contributed by atoms with van der Waals surface area (Å²) in [5.41, 5.74) is 0.327. The maximum Gasteiger partial charge on any atom is 0.330 e. The SMILES string of the molecule is CC(C)(C)CN1C(=O)NC(=O)C(c2cccc(Br)c2)C1=O. The number of imide groups is 2. The van der Waals surface area contributed by atoms with Gasteiger partial charge in [-0.2, -0.15) is 0 Å². The van der Waals surface area contributed by atoms with E-state index in [4.69, 9.17) is 0 Å². The largest absolute Gasteiger partial charge is 0.330 e. The number of barbiturate groups is 1. The molecule has 1 saturated heterocycles. The first kappa shape index (κ1) is 15.7. The van der Waals surface area contributed by atoms with Gasteiger partial charge in [-0.05, 0) is 23.1 Å². The molecule has 0 spiro atoms. The number of rotatable bonds is 2. The molecule has 0 aromatic heterocycles. The van der Waals surface area contributed by atoms with Gasteiger partial charge in [-0.15, -0.1) is 0 Å². The maximum absolute atomic E-state index is 12.6. The highest BCUT2D eigenvalue weighted by molar-refractivity contribution is 9.10. The second-order valence-corrected chi connectivity index (χ2v) is 7.18. The molecule has 1 unspecified atom stereocenters. The highest BCUT2D eigenvalue weighted by atomic mass is 79.9. The average molecular weight is 353 g/mol. The summed E-state index contributed by atoms with van der Waals surface area (Å²) in [5.74, 6) is -2.03. The second-order valence-electron chi connectivity index (χ2n) is 6.27. The molecule has 0 saturated carbocycles. The van der Waals surface area contributed by atoms with Gasteiger partial charge in [0.05, 0.1) is 0 Å². The Balaban J connectivity index is 2.35.